The zero-order valence-corrected chi connectivity index (χ0v) is 14.4. The molecule has 5 heteroatoms. The highest BCUT2D eigenvalue weighted by Crippen LogP contribution is 2.22. The number of likely N-dealkylation sites (tertiary alicyclic amines) is 1. The number of hydrogen-bond donors (Lipinski definition) is 1. The van der Waals surface area contributed by atoms with E-state index in [2.05, 4.69) is 9.88 Å². The van der Waals surface area contributed by atoms with Gasteiger partial charge in [-0.05, 0) is 37.4 Å². The summed E-state index contributed by atoms with van der Waals surface area (Å²) in [4.78, 5) is 6.77. The minimum Gasteiger partial charge on any atom is -0.473 e. The normalized spacial score (nSPS) is 18.2. The van der Waals surface area contributed by atoms with Crippen LogP contribution >= 0.6 is 0 Å². The van der Waals surface area contributed by atoms with Crippen molar-refractivity contribution in [2.75, 3.05) is 13.2 Å². The molecule has 1 saturated heterocycles. The maximum atomic E-state index is 13.6. The highest BCUT2D eigenvalue weighted by molar-refractivity contribution is 5.20. The van der Waals surface area contributed by atoms with Crippen LogP contribution in [0.1, 0.15) is 36.8 Å². The van der Waals surface area contributed by atoms with Crippen LogP contribution < -0.4 is 4.74 Å². The van der Waals surface area contributed by atoms with E-state index in [1.807, 2.05) is 18.3 Å². The van der Waals surface area contributed by atoms with Gasteiger partial charge in [-0.2, -0.15) is 0 Å². The Morgan fingerprint density at radius 1 is 1.20 bits per heavy atom. The number of ether oxygens (including phenoxy) is 1. The van der Waals surface area contributed by atoms with Gasteiger partial charge in [0.15, 0.2) is 0 Å². The molecule has 0 spiro atoms. The molecule has 0 radical (unpaired) electrons. The van der Waals surface area contributed by atoms with Gasteiger partial charge in [-0.3, -0.25) is 4.90 Å². The lowest BCUT2D eigenvalue weighted by molar-refractivity contribution is 0.112. The molecule has 2 aromatic rings. The van der Waals surface area contributed by atoms with Gasteiger partial charge in [0.05, 0.1) is 0 Å². The summed E-state index contributed by atoms with van der Waals surface area (Å²) < 4.78 is 19.2. The number of aromatic nitrogens is 1. The number of nitrogens with zero attached hydrogens (tertiary/aromatic N) is 2. The fourth-order valence-electron chi connectivity index (χ4n) is 3.34. The fraction of sp³-hybridized carbons (Fsp3) is 0.450. The standard InChI is InChI=1S/C20H25FN2O2/c21-19-7-2-1-5-17(19)15-25-20-9-8-16(13-22-20)14-23-11-4-3-6-18(23)10-12-24/h1-2,5,7-9,13,18,24H,3-4,6,10-12,14-15H2. The van der Waals surface area contributed by atoms with E-state index in [0.717, 1.165) is 31.5 Å². The molecule has 2 heterocycles. The monoisotopic (exact) mass is 344 g/mol. The van der Waals surface area contributed by atoms with E-state index in [-0.39, 0.29) is 19.0 Å². The van der Waals surface area contributed by atoms with Crippen LogP contribution in [0.2, 0.25) is 0 Å². The molecule has 1 aliphatic heterocycles. The van der Waals surface area contributed by atoms with Crippen molar-refractivity contribution in [2.24, 2.45) is 0 Å². The summed E-state index contributed by atoms with van der Waals surface area (Å²) >= 11 is 0. The summed E-state index contributed by atoms with van der Waals surface area (Å²) in [5.41, 5.74) is 1.65. The number of benzene rings is 1. The molecule has 3 rings (SSSR count). The van der Waals surface area contributed by atoms with E-state index in [1.54, 1.807) is 18.2 Å². The van der Waals surface area contributed by atoms with Gasteiger partial charge >= 0.3 is 0 Å². The Kier molecular flexibility index (Phi) is 6.36. The Labute approximate surface area is 148 Å². The van der Waals surface area contributed by atoms with E-state index in [9.17, 15) is 9.50 Å². The fourth-order valence-corrected chi connectivity index (χ4v) is 3.34. The Balaban J connectivity index is 1.55. The molecule has 0 saturated carbocycles. The average molecular weight is 344 g/mol. The SMILES string of the molecule is OCCC1CCCCN1Cc1ccc(OCc2ccccc2F)nc1. The molecule has 1 aliphatic rings. The quantitative estimate of drug-likeness (QED) is 0.834. The molecular formula is C20H25FN2O2. The number of aliphatic hydroxyl groups is 1. The van der Waals surface area contributed by atoms with Gasteiger partial charge in [0.1, 0.15) is 12.4 Å². The third-order valence-electron chi connectivity index (χ3n) is 4.73. The topological polar surface area (TPSA) is 45.6 Å². The second-order valence-electron chi connectivity index (χ2n) is 6.52. The molecule has 1 N–H and O–H groups in total. The third kappa shape index (κ3) is 5.00. The second-order valence-corrected chi connectivity index (χ2v) is 6.52. The number of hydrogen-bond acceptors (Lipinski definition) is 4. The van der Waals surface area contributed by atoms with Gasteiger partial charge in [-0.15, -0.1) is 0 Å². The smallest absolute Gasteiger partial charge is 0.213 e. The first-order chi connectivity index (χ1) is 12.3. The summed E-state index contributed by atoms with van der Waals surface area (Å²) in [5.74, 6) is 0.233. The predicted molar refractivity (Wildman–Crippen MR) is 94.7 cm³/mol. The maximum Gasteiger partial charge on any atom is 0.213 e. The lowest BCUT2D eigenvalue weighted by Crippen LogP contribution is -2.39. The van der Waals surface area contributed by atoms with Crippen molar-refractivity contribution in [3.63, 3.8) is 0 Å². The molecule has 1 aromatic carbocycles. The lowest BCUT2D eigenvalue weighted by atomic mass is 9.99. The summed E-state index contributed by atoms with van der Waals surface area (Å²) in [5, 5.41) is 9.23. The first kappa shape index (κ1) is 17.8. The Hall–Kier alpha value is -1.98. The van der Waals surface area contributed by atoms with Gasteiger partial charge < -0.3 is 9.84 Å². The maximum absolute atomic E-state index is 13.6. The summed E-state index contributed by atoms with van der Waals surface area (Å²) in [7, 11) is 0. The van der Waals surface area contributed by atoms with Crippen molar-refractivity contribution in [1.82, 2.24) is 9.88 Å². The van der Waals surface area contributed by atoms with Gasteiger partial charge in [-0.1, -0.05) is 30.7 Å². The molecule has 1 unspecified atom stereocenters. The van der Waals surface area contributed by atoms with Crippen molar-refractivity contribution < 1.29 is 14.2 Å². The summed E-state index contributed by atoms with van der Waals surface area (Å²) in [6, 6.07) is 10.9. The molecule has 0 bridgehead atoms. The lowest BCUT2D eigenvalue weighted by Gasteiger charge is -2.35. The molecule has 1 atom stereocenters. The van der Waals surface area contributed by atoms with Crippen LogP contribution in [0.3, 0.4) is 0 Å². The summed E-state index contributed by atoms with van der Waals surface area (Å²) in [6.45, 7) is 2.31. The van der Waals surface area contributed by atoms with Gasteiger partial charge in [0.25, 0.3) is 0 Å². The molecule has 134 valence electrons. The zero-order valence-electron chi connectivity index (χ0n) is 14.4. The average Bonchev–Trinajstić information content (AvgIpc) is 2.64. The minimum atomic E-state index is -0.265. The van der Waals surface area contributed by atoms with Crippen molar-refractivity contribution in [2.45, 2.75) is 44.9 Å². The van der Waals surface area contributed by atoms with Gasteiger partial charge in [-0.25, -0.2) is 9.37 Å². The summed E-state index contributed by atoms with van der Waals surface area (Å²) in [6.07, 6.45) is 6.25. The van der Waals surface area contributed by atoms with Crippen LogP contribution in [-0.4, -0.2) is 34.2 Å². The highest BCUT2D eigenvalue weighted by atomic mass is 19.1. The van der Waals surface area contributed by atoms with Crippen LogP contribution in [0, 0.1) is 5.82 Å². The van der Waals surface area contributed by atoms with E-state index in [1.165, 1.54) is 18.9 Å². The third-order valence-corrected chi connectivity index (χ3v) is 4.73. The number of piperidine rings is 1. The molecule has 0 aliphatic carbocycles. The van der Waals surface area contributed by atoms with Crippen molar-refractivity contribution in [1.29, 1.82) is 0 Å². The van der Waals surface area contributed by atoms with Crippen LogP contribution in [0.4, 0.5) is 4.39 Å². The molecule has 4 nitrogen and oxygen atoms in total. The first-order valence-electron chi connectivity index (χ1n) is 8.92. The molecule has 1 aromatic heterocycles. The van der Waals surface area contributed by atoms with Crippen LogP contribution in [-0.2, 0) is 13.2 Å². The van der Waals surface area contributed by atoms with E-state index >= 15 is 0 Å². The molecule has 1 fully saturated rings. The van der Waals surface area contributed by atoms with E-state index in [4.69, 9.17) is 4.74 Å². The first-order valence-corrected chi connectivity index (χ1v) is 8.92. The van der Waals surface area contributed by atoms with Gasteiger partial charge in [0, 0.05) is 37.0 Å². The largest absolute Gasteiger partial charge is 0.473 e. The van der Waals surface area contributed by atoms with E-state index < -0.39 is 0 Å². The highest BCUT2D eigenvalue weighted by Gasteiger charge is 2.21. The van der Waals surface area contributed by atoms with Crippen molar-refractivity contribution in [3.05, 3.63) is 59.5 Å². The Morgan fingerprint density at radius 2 is 2.08 bits per heavy atom. The van der Waals surface area contributed by atoms with E-state index in [0.29, 0.717) is 17.5 Å². The molecular weight excluding hydrogens is 319 g/mol. The van der Waals surface area contributed by atoms with Crippen LogP contribution in [0.25, 0.3) is 0 Å². The second kappa shape index (κ2) is 8.92. The Bertz CT molecular complexity index is 661. The van der Waals surface area contributed by atoms with Crippen LogP contribution in [0.5, 0.6) is 5.88 Å². The number of aliphatic hydroxyl groups excluding tert-OH is 1. The minimum absolute atomic E-state index is 0.170. The molecule has 0 amide bonds. The van der Waals surface area contributed by atoms with Gasteiger partial charge in [0.2, 0.25) is 5.88 Å². The predicted octanol–water partition coefficient (Wildman–Crippen LogP) is 3.54. The molecule has 25 heavy (non-hydrogen) atoms. The van der Waals surface area contributed by atoms with Crippen molar-refractivity contribution >= 4 is 0 Å². The van der Waals surface area contributed by atoms with Crippen molar-refractivity contribution in [3.8, 4) is 5.88 Å². The number of halogens is 1. The number of rotatable bonds is 7. The number of pyridine rings is 1. The zero-order chi connectivity index (χ0) is 17.5. The van der Waals surface area contributed by atoms with Crippen LogP contribution in [0.15, 0.2) is 42.6 Å². The Morgan fingerprint density at radius 3 is 2.84 bits per heavy atom.